The van der Waals surface area contributed by atoms with Crippen LogP contribution in [0.3, 0.4) is 0 Å². The van der Waals surface area contributed by atoms with Gasteiger partial charge in [0.25, 0.3) is 5.69 Å². The number of nitro groups is 1. The minimum absolute atomic E-state index is 0.124. The van der Waals surface area contributed by atoms with Gasteiger partial charge in [0, 0.05) is 12.1 Å². The largest absolute Gasteiger partial charge is 0.377 e. The SMILES string of the molecule is Cc1ccc(NC(C)Cc2ccccc2)c([N+](=O)[O-])c1. The highest BCUT2D eigenvalue weighted by Crippen LogP contribution is 2.26. The zero-order valence-electron chi connectivity index (χ0n) is 11.7. The lowest BCUT2D eigenvalue weighted by Crippen LogP contribution is -2.18. The van der Waals surface area contributed by atoms with Crippen molar-refractivity contribution in [2.45, 2.75) is 26.3 Å². The second kappa shape index (κ2) is 6.19. The summed E-state index contributed by atoms with van der Waals surface area (Å²) in [5, 5.41) is 14.3. The Morgan fingerprint density at radius 1 is 1.20 bits per heavy atom. The molecule has 0 saturated carbocycles. The minimum Gasteiger partial charge on any atom is -0.377 e. The van der Waals surface area contributed by atoms with Crippen LogP contribution in [0, 0.1) is 17.0 Å². The Balaban J connectivity index is 2.11. The average Bonchev–Trinajstić information content (AvgIpc) is 2.41. The van der Waals surface area contributed by atoms with Crippen molar-refractivity contribution < 1.29 is 4.92 Å². The summed E-state index contributed by atoms with van der Waals surface area (Å²) < 4.78 is 0. The third kappa shape index (κ3) is 3.57. The van der Waals surface area contributed by atoms with Crippen LogP contribution in [0.15, 0.2) is 48.5 Å². The molecule has 20 heavy (non-hydrogen) atoms. The van der Waals surface area contributed by atoms with Crippen molar-refractivity contribution in [1.29, 1.82) is 0 Å². The molecule has 1 atom stereocenters. The molecule has 0 aliphatic carbocycles. The smallest absolute Gasteiger partial charge is 0.292 e. The van der Waals surface area contributed by atoms with Gasteiger partial charge >= 0.3 is 0 Å². The predicted molar refractivity (Wildman–Crippen MR) is 81.1 cm³/mol. The summed E-state index contributed by atoms with van der Waals surface area (Å²) in [7, 11) is 0. The first-order chi connectivity index (χ1) is 9.56. The van der Waals surface area contributed by atoms with Crippen LogP contribution in [0.25, 0.3) is 0 Å². The zero-order valence-corrected chi connectivity index (χ0v) is 11.7. The molecular weight excluding hydrogens is 252 g/mol. The molecule has 0 spiro atoms. The highest BCUT2D eigenvalue weighted by molar-refractivity contribution is 5.63. The first kappa shape index (κ1) is 14.1. The van der Waals surface area contributed by atoms with E-state index < -0.39 is 0 Å². The van der Waals surface area contributed by atoms with E-state index in [1.54, 1.807) is 12.1 Å². The molecule has 0 aliphatic heterocycles. The molecule has 1 N–H and O–H groups in total. The van der Waals surface area contributed by atoms with Crippen LogP contribution in [0.4, 0.5) is 11.4 Å². The van der Waals surface area contributed by atoms with Crippen LogP contribution in [-0.2, 0) is 6.42 Å². The monoisotopic (exact) mass is 270 g/mol. The predicted octanol–water partition coefficient (Wildman–Crippen LogP) is 3.95. The van der Waals surface area contributed by atoms with Crippen molar-refractivity contribution in [2.75, 3.05) is 5.32 Å². The minimum atomic E-state index is -0.343. The fourth-order valence-corrected chi connectivity index (χ4v) is 2.20. The summed E-state index contributed by atoms with van der Waals surface area (Å²) in [5.41, 5.74) is 2.80. The van der Waals surface area contributed by atoms with Crippen LogP contribution in [-0.4, -0.2) is 11.0 Å². The Morgan fingerprint density at radius 3 is 2.55 bits per heavy atom. The molecule has 0 saturated heterocycles. The van der Waals surface area contributed by atoms with Crippen LogP contribution < -0.4 is 5.32 Å². The quantitative estimate of drug-likeness (QED) is 0.661. The molecule has 4 heteroatoms. The van der Waals surface area contributed by atoms with Crippen LogP contribution in [0.1, 0.15) is 18.1 Å². The van der Waals surface area contributed by atoms with Gasteiger partial charge in [0.1, 0.15) is 5.69 Å². The molecule has 0 bridgehead atoms. The third-order valence-electron chi connectivity index (χ3n) is 3.14. The van der Waals surface area contributed by atoms with Gasteiger partial charge in [-0.15, -0.1) is 0 Å². The lowest BCUT2D eigenvalue weighted by Gasteiger charge is -2.15. The molecule has 0 aromatic heterocycles. The van der Waals surface area contributed by atoms with Gasteiger partial charge in [-0.1, -0.05) is 36.4 Å². The van der Waals surface area contributed by atoms with Crippen molar-refractivity contribution in [1.82, 2.24) is 0 Å². The summed E-state index contributed by atoms with van der Waals surface area (Å²) in [4.78, 5) is 10.7. The van der Waals surface area contributed by atoms with Gasteiger partial charge in [-0.25, -0.2) is 0 Å². The highest BCUT2D eigenvalue weighted by Gasteiger charge is 2.15. The van der Waals surface area contributed by atoms with Crippen molar-refractivity contribution in [2.24, 2.45) is 0 Å². The molecule has 104 valence electrons. The van der Waals surface area contributed by atoms with Crippen LogP contribution in [0.5, 0.6) is 0 Å². The van der Waals surface area contributed by atoms with Crippen molar-refractivity contribution in [3.05, 3.63) is 69.8 Å². The Kier molecular flexibility index (Phi) is 4.35. The van der Waals surface area contributed by atoms with Gasteiger partial charge in [-0.2, -0.15) is 0 Å². The summed E-state index contributed by atoms with van der Waals surface area (Å²) >= 11 is 0. The summed E-state index contributed by atoms with van der Waals surface area (Å²) in [6.45, 7) is 3.88. The maximum absolute atomic E-state index is 11.1. The Labute approximate surface area is 118 Å². The van der Waals surface area contributed by atoms with Gasteiger partial charge < -0.3 is 5.32 Å². The van der Waals surface area contributed by atoms with E-state index in [4.69, 9.17) is 0 Å². The lowest BCUT2D eigenvalue weighted by atomic mass is 10.1. The van der Waals surface area contributed by atoms with E-state index in [1.165, 1.54) is 5.56 Å². The molecule has 1 unspecified atom stereocenters. The van der Waals surface area contributed by atoms with Crippen molar-refractivity contribution >= 4 is 11.4 Å². The number of hydrogen-bond donors (Lipinski definition) is 1. The molecule has 4 nitrogen and oxygen atoms in total. The molecule has 0 amide bonds. The number of rotatable bonds is 5. The molecule has 0 aliphatic rings. The summed E-state index contributed by atoms with van der Waals surface area (Å²) in [6.07, 6.45) is 0.825. The molecule has 0 heterocycles. The molecule has 0 fully saturated rings. The van der Waals surface area contributed by atoms with Crippen LogP contribution >= 0.6 is 0 Å². The fraction of sp³-hybridized carbons (Fsp3) is 0.250. The molecule has 2 rings (SSSR count). The van der Waals surface area contributed by atoms with E-state index in [0.717, 1.165) is 12.0 Å². The van der Waals surface area contributed by atoms with Gasteiger partial charge in [-0.3, -0.25) is 10.1 Å². The molecular formula is C16H18N2O2. The first-order valence-electron chi connectivity index (χ1n) is 6.62. The number of nitrogens with zero attached hydrogens (tertiary/aromatic N) is 1. The molecule has 2 aromatic carbocycles. The van der Waals surface area contributed by atoms with Gasteiger partial charge in [0.15, 0.2) is 0 Å². The number of nitro benzene ring substituents is 1. The Hall–Kier alpha value is -2.36. The standard InChI is InChI=1S/C16H18N2O2/c1-12-8-9-15(16(10-12)18(19)20)17-13(2)11-14-6-4-3-5-7-14/h3-10,13,17H,11H2,1-2H3. The average molecular weight is 270 g/mol. The van der Waals surface area contributed by atoms with Gasteiger partial charge in [-0.05, 0) is 37.5 Å². The number of aryl methyl sites for hydroxylation is 1. The second-order valence-electron chi connectivity index (χ2n) is 5.01. The first-order valence-corrected chi connectivity index (χ1v) is 6.62. The maximum atomic E-state index is 11.1. The summed E-state index contributed by atoms with van der Waals surface area (Å²) in [5.74, 6) is 0. The number of hydrogen-bond acceptors (Lipinski definition) is 3. The number of benzene rings is 2. The van der Waals surface area contributed by atoms with E-state index in [2.05, 4.69) is 17.4 Å². The van der Waals surface area contributed by atoms with Crippen LogP contribution in [0.2, 0.25) is 0 Å². The van der Waals surface area contributed by atoms with E-state index in [0.29, 0.717) is 5.69 Å². The summed E-state index contributed by atoms with van der Waals surface area (Å²) in [6, 6.07) is 15.5. The van der Waals surface area contributed by atoms with Crippen molar-refractivity contribution in [3.8, 4) is 0 Å². The third-order valence-corrected chi connectivity index (χ3v) is 3.14. The van der Waals surface area contributed by atoms with E-state index >= 15 is 0 Å². The lowest BCUT2D eigenvalue weighted by molar-refractivity contribution is -0.384. The van der Waals surface area contributed by atoms with Gasteiger partial charge in [0.2, 0.25) is 0 Å². The Bertz CT molecular complexity index is 597. The number of anilines is 1. The highest BCUT2D eigenvalue weighted by atomic mass is 16.6. The van der Waals surface area contributed by atoms with E-state index in [1.807, 2.05) is 38.1 Å². The second-order valence-corrected chi connectivity index (χ2v) is 5.01. The molecule has 0 radical (unpaired) electrons. The maximum Gasteiger partial charge on any atom is 0.292 e. The van der Waals surface area contributed by atoms with Crippen molar-refractivity contribution in [3.63, 3.8) is 0 Å². The normalized spacial score (nSPS) is 11.9. The zero-order chi connectivity index (χ0) is 14.5. The Morgan fingerprint density at radius 2 is 1.90 bits per heavy atom. The molecule has 2 aromatic rings. The fourth-order valence-electron chi connectivity index (χ4n) is 2.20. The number of nitrogens with one attached hydrogen (secondary N) is 1. The van der Waals surface area contributed by atoms with Gasteiger partial charge in [0.05, 0.1) is 4.92 Å². The van der Waals surface area contributed by atoms with E-state index in [-0.39, 0.29) is 16.7 Å². The topological polar surface area (TPSA) is 55.2 Å². The van der Waals surface area contributed by atoms with E-state index in [9.17, 15) is 10.1 Å².